The zero-order valence-electron chi connectivity index (χ0n) is 15.9. The predicted octanol–water partition coefficient (Wildman–Crippen LogP) is 4.41. The maximum atomic E-state index is 13.4. The number of fused-ring (bicyclic) bond motifs is 1. The Kier molecular flexibility index (Phi) is 5.25. The molecule has 0 unspecified atom stereocenters. The Hall–Kier alpha value is -3.28. The topological polar surface area (TPSA) is 55.2 Å². The van der Waals surface area contributed by atoms with Gasteiger partial charge in [0.05, 0.1) is 12.3 Å². The molecule has 0 fully saturated rings. The Labute approximate surface area is 167 Å². The van der Waals surface area contributed by atoms with Crippen molar-refractivity contribution in [3.63, 3.8) is 0 Å². The fraction of sp³-hybridized carbons (Fsp3) is 0.217. The number of halogens is 2. The molecule has 1 atom stereocenters. The molecule has 29 heavy (non-hydrogen) atoms. The van der Waals surface area contributed by atoms with Gasteiger partial charge in [0, 0.05) is 48.1 Å². The minimum Gasteiger partial charge on any atom is -0.299 e. The van der Waals surface area contributed by atoms with E-state index >= 15 is 0 Å². The molecule has 0 saturated heterocycles. The van der Waals surface area contributed by atoms with Crippen molar-refractivity contribution < 1.29 is 13.6 Å². The summed E-state index contributed by atoms with van der Waals surface area (Å²) in [4.78, 5) is 25.0. The van der Waals surface area contributed by atoms with Gasteiger partial charge in [-0.15, -0.1) is 0 Å². The number of rotatable bonds is 6. The van der Waals surface area contributed by atoms with E-state index < -0.39 is 5.95 Å². The number of aromatic nitrogens is 2. The zero-order valence-corrected chi connectivity index (χ0v) is 15.9. The Morgan fingerprint density at radius 2 is 1.90 bits per heavy atom. The van der Waals surface area contributed by atoms with Crippen LogP contribution in [-0.4, -0.2) is 21.5 Å². The molecule has 0 aliphatic carbocycles. The van der Waals surface area contributed by atoms with Gasteiger partial charge in [-0.2, -0.15) is 4.39 Å². The average Bonchev–Trinajstić information content (AvgIpc) is 3.11. The summed E-state index contributed by atoms with van der Waals surface area (Å²) in [5.74, 6) is -0.756. The summed E-state index contributed by atoms with van der Waals surface area (Å²) in [5.41, 5.74) is 4.81. The summed E-state index contributed by atoms with van der Waals surface area (Å²) < 4.78 is 26.5. The first-order valence-electron chi connectivity index (χ1n) is 9.41. The number of hydrogen-bond acceptors (Lipinski definition) is 4. The van der Waals surface area contributed by atoms with Crippen LogP contribution in [0.5, 0.6) is 0 Å². The van der Waals surface area contributed by atoms with Crippen molar-refractivity contribution in [2.75, 3.05) is 0 Å². The molecule has 1 aliphatic rings. The number of aliphatic imine (C=N–C) groups is 1. The fourth-order valence-electron chi connectivity index (χ4n) is 3.56. The van der Waals surface area contributed by atoms with Gasteiger partial charge in [0.15, 0.2) is 0 Å². The van der Waals surface area contributed by atoms with Crippen molar-refractivity contribution in [1.29, 1.82) is 0 Å². The molecular formula is C23H19F2N3O. The van der Waals surface area contributed by atoms with E-state index in [4.69, 9.17) is 0 Å². The van der Waals surface area contributed by atoms with Crippen LogP contribution in [0.2, 0.25) is 0 Å². The molecule has 2 aromatic heterocycles. The van der Waals surface area contributed by atoms with E-state index in [1.807, 2.05) is 13.0 Å². The summed E-state index contributed by atoms with van der Waals surface area (Å²) in [7, 11) is 0. The summed E-state index contributed by atoms with van der Waals surface area (Å²) in [6.07, 6.45) is 3.71. The predicted molar refractivity (Wildman–Crippen MR) is 106 cm³/mol. The second kappa shape index (κ2) is 7.99. The summed E-state index contributed by atoms with van der Waals surface area (Å²) in [6, 6.07) is 11.2. The smallest absolute Gasteiger partial charge is 0.213 e. The highest BCUT2D eigenvalue weighted by atomic mass is 19.1. The normalized spacial score (nSPS) is 13.7. The molecule has 1 aliphatic heterocycles. The van der Waals surface area contributed by atoms with Gasteiger partial charge in [0.25, 0.3) is 0 Å². The first kappa shape index (κ1) is 19.1. The van der Waals surface area contributed by atoms with Gasteiger partial charge in [-0.1, -0.05) is 19.1 Å². The molecule has 3 aromatic rings. The molecule has 3 heterocycles. The van der Waals surface area contributed by atoms with Crippen LogP contribution in [0.3, 0.4) is 0 Å². The third-order valence-electron chi connectivity index (χ3n) is 5.06. The third-order valence-corrected chi connectivity index (χ3v) is 5.06. The van der Waals surface area contributed by atoms with Crippen LogP contribution in [-0.2, 0) is 17.8 Å². The van der Waals surface area contributed by atoms with E-state index in [1.54, 1.807) is 24.4 Å². The second-order valence-corrected chi connectivity index (χ2v) is 7.24. The minimum absolute atomic E-state index is 0.00838. The zero-order chi connectivity index (χ0) is 20.4. The maximum absolute atomic E-state index is 13.4. The van der Waals surface area contributed by atoms with Crippen LogP contribution in [0.15, 0.2) is 59.9 Å². The van der Waals surface area contributed by atoms with E-state index in [9.17, 15) is 13.6 Å². The molecule has 6 heteroatoms. The maximum Gasteiger partial charge on any atom is 0.213 e. The van der Waals surface area contributed by atoms with Crippen LogP contribution >= 0.6 is 0 Å². The number of carbonyl (C=O) groups excluding carboxylic acids is 1. The lowest BCUT2D eigenvalue weighted by Crippen LogP contribution is -2.10. The third kappa shape index (κ3) is 4.26. The highest BCUT2D eigenvalue weighted by molar-refractivity contribution is 6.14. The van der Waals surface area contributed by atoms with Crippen LogP contribution < -0.4 is 0 Å². The molecule has 0 radical (unpaired) electrons. The Balaban J connectivity index is 1.43. The number of ketones is 1. The van der Waals surface area contributed by atoms with Crippen molar-refractivity contribution in [3.05, 3.63) is 94.6 Å². The van der Waals surface area contributed by atoms with Crippen molar-refractivity contribution in [3.8, 4) is 0 Å². The number of carbonyl (C=O) groups is 1. The fourth-order valence-corrected chi connectivity index (χ4v) is 3.56. The van der Waals surface area contributed by atoms with Gasteiger partial charge in [-0.05, 0) is 41.3 Å². The lowest BCUT2D eigenvalue weighted by Gasteiger charge is -2.11. The van der Waals surface area contributed by atoms with Crippen molar-refractivity contribution in [2.24, 2.45) is 4.99 Å². The summed E-state index contributed by atoms with van der Waals surface area (Å²) in [6.45, 7) is 2.43. The molecule has 0 bridgehead atoms. The van der Waals surface area contributed by atoms with Crippen LogP contribution in [0.4, 0.5) is 8.78 Å². The molecule has 1 aromatic carbocycles. The standard InChI is InChI=1S/C23H19F2N3O/c1-14(15-2-4-18(24)5-3-15)8-20(29)11-19-9-17-12-28-23(21(17)13-27-19)16-6-7-26-22(25)10-16/h2-7,9-10,13-14H,8,11-12H2,1H3/t14-/m0/s1. The van der Waals surface area contributed by atoms with E-state index in [0.29, 0.717) is 29.9 Å². The highest BCUT2D eigenvalue weighted by Crippen LogP contribution is 2.24. The monoisotopic (exact) mass is 391 g/mol. The molecule has 0 spiro atoms. The van der Waals surface area contributed by atoms with Gasteiger partial charge >= 0.3 is 0 Å². The molecule has 0 amide bonds. The molecule has 0 saturated carbocycles. The number of hydrogen-bond donors (Lipinski definition) is 0. The Bertz CT molecular complexity index is 1090. The first-order valence-corrected chi connectivity index (χ1v) is 9.41. The Morgan fingerprint density at radius 1 is 1.10 bits per heavy atom. The van der Waals surface area contributed by atoms with E-state index in [0.717, 1.165) is 16.7 Å². The number of pyridine rings is 2. The van der Waals surface area contributed by atoms with Crippen LogP contribution in [0.25, 0.3) is 0 Å². The number of nitrogens with zero attached hydrogens (tertiary/aromatic N) is 3. The van der Waals surface area contributed by atoms with E-state index in [2.05, 4.69) is 15.0 Å². The molecule has 4 rings (SSSR count). The molecule has 0 N–H and O–H groups in total. The van der Waals surface area contributed by atoms with Gasteiger partial charge in [0.2, 0.25) is 5.95 Å². The van der Waals surface area contributed by atoms with Gasteiger partial charge in [-0.25, -0.2) is 9.37 Å². The summed E-state index contributed by atoms with van der Waals surface area (Å²) in [5, 5.41) is 0. The van der Waals surface area contributed by atoms with Gasteiger partial charge in [0.1, 0.15) is 11.6 Å². The lowest BCUT2D eigenvalue weighted by molar-refractivity contribution is -0.118. The highest BCUT2D eigenvalue weighted by Gasteiger charge is 2.20. The largest absolute Gasteiger partial charge is 0.299 e. The quantitative estimate of drug-likeness (QED) is 0.585. The first-order chi connectivity index (χ1) is 14.0. The summed E-state index contributed by atoms with van der Waals surface area (Å²) >= 11 is 0. The number of benzene rings is 1. The number of Topliss-reactive ketones (excluding diaryl/α,β-unsaturated/α-hetero) is 1. The van der Waals surface area contributed by atoms with Gasteiger partial charge < -0.3 is 0 Å². The lowest BCUT2D eigenvalue weighted by atomic mass is 9.94. The van der Waals surface area contributed by atoms with E-state index in [1.165, 1.54) is 24.4 Å². The molecular weight excluding hydrogens is 372 g/mol. The second-order valence-electron chi connectivity index (χ2n) is 7.24. The van der Waals surface area contributed by atoms with Crippen LogP contribution in [0, 0.1) is 11.8 Å². The minimum atomic E-state index is -0.552. The van der Waals surface area contributed by atoms with E-state index in [-0.39, 0.29) is 23.9 Å². The van der Waals surface area contributed by atoms with Crippen molar-refractivity contribution in [1.82, 2.24) is 9.97 Å². The molecule has 4 nitrogen and oxygen atoms in total. The SMILES string of the molecule is C[C@@H](CC(=O)Cc1cc2c(cn1)C(c1ccnc(F)c1)=NC2)c1ccc(F)cc1. The Morgan fingerprint density at radius 3 is 2.66 bits per heavy atom. The van der Waals surface area contributed by atoms with Crippen LogP contribution in [0.1, 0.15) is 47.2 Å². The van der Waals surface area contributed by atoms with Crippen molar-refractivity contribution >= 4 is 11.5 Å². The van der Waals surface area contributed by atoms with Gasteiger partial charge in [-0.3, -0.25) is 14.8 Å². The van der Waals surface area contributed by atoms with Crippen molar-refractivity contribution in [2.45, 2.75) is 32.2 Å². The average molecular weight is 391 g/mol. The molecule has 146 valence electrons.